The number of amides is 1. The number of anilines is 1. The van der Waals surface area contributed by atoms with Crippen LogP contribution in [0.5, 0.6) is 0 Å². The second-order valence-corrected chi connectivity index (χ2v) is 6.34. The van der Waals surface area contributed by atoms with Crippen LogP contribution in [0, 0.1) is 5.92 Å². The van der Waals surface area contributed by atoms with E-state index in [1.165, 1.54) is 6.33 Å². The predicted octanol–water partition coefficient (Wildman–Crippen LogP) is 1.72. The number of rotatable bonds is 5. The average Bonchev–Trinajstić information content (AvgIpc) is 3.18. The van der Waals surface area contributed by atoms with E-state index in [9.17, 15) is 4.79 Å². The van der Waals surface area contributed by atoms with E-state index in [-0.39, 0.29) is 11.9 Å². The number of hydrogen-bond acceptors (Lipinski definition) is 5. The number of hydrogen-bond donors (Lipinski definition) is 1. The molecule has 1 atom stereocenters. The standard InChI is InChI=1S/C16H22N6O/c1-12(2)10-21-8-4-7-15(21)16(23)18-13-5-3-6-14(9-13)22-11-17-19-20-22/h3,5-6,9,11-12,15H,4,7-8,10H2,1-2H3,(H,18,23)/t15-/m1/s1. The number of carbonyl (C=O) groups is 1. The molecule has 3 rings (SSSR count). The molecule has 1 fully saturated rings. The molecule has 0 unspecified atom stereocenters. The van der Waals surface area contributed by atoms with Crippen LogP contribution in [0.25, 0.3) is 5.69 Å². The fourth-order valence-corrected chi connectivity index (χ4v) is 3.04. The van der Waals surface area contributed by atoms with Gasteiger partial charge in [0.15, 0.2) is 0 Å². The van der Waals surface area contributed by atoms with Gasteiger partial charge in [0.2, 0.25) is 5.91 Å². The van der Waals surface area contributed by atoms with E-state index < -0.39 is 0 Å². The first-order valence-corrected chi connectivity index (χ1v) is 8.02. The van der Waals surface area contributed by atoms with Crippen LogP contribution in [-0.4, -0.2) is 50.1 Å². The molecule has 122 valence electrons. The minimum Gasteiger partial charge on any atom is -0.325 e. The molecule has 1 aliphatic rings. The normalized spacial score (nSPS) is 18.5. The molecular formula is C16H22N6O. The molecule has 23 heavy (non-hydrogen) atoms. The Balaban J connectivity index is 1.69. The quantitative estimate of drug-likeness (QED) is 0.909. The Hall–Kier alpha value is -2.28. The number of benzene rings is 1. The van der Waals surface area contributed by atoms with Gasteiger partial charge >= 0.3 is 0 Å². The molecule has 0 spiro atoms. The number of nitrogens with zero attached hydrogens (tertiary/aromatic N) is 5. The van der Waals surface area contributed by atoms with Crippen molar-refractivity contribution in [3.63, 3.8) is 0 Å². The van der Waals surface area contributed by atoms with E-state index >= 15 is 0 Å². The highest BCUT2D eigenvalue weighted by molar-refractivity contribution is 5.95. The molecule has 1 aliphatic heterocycles. The van der Waals surface area contributed by atoms with Crippen LogP contribution < -0.4 is 5.32 Å². The van der Waals surface area contributed by atoms with E-state index in [4.69, 9.17) is 0 Å². The van der Waals surface area contributed by atoms with Gasteiger partial charge in [-0.2, -0.15) is 0 Å². The largest absolute Gasteiger partial charge is 0.325 e. The molecule has 1 amide bonds. The summed E-state index contributed by atoms with van der Waals surface area (Å²) in [6.07, 6.45) is 3.53. The van der Waals surface area contributed by atoms with Crippen molar-refractivity contribution in [2.24, 2.45) is 5.92 Å². The van der Waals surface area contributed by atoms with Crippen molar-refractivity contribution in [2.45, 2.75) is 32.7 Å². The predicted molar refractivity (Wildman–Crippen MR) is 87.2 cm³/mol. The maximum atomic E-state index is 12.6. The summed E-state index contributed by atoms with van der Waals surface area (Å²) < 4.78 is 1.57. The molecule has 2 heterocycles. The van der Waals surface area contributed by atoms with Gasteiger partial charge in [-0.25, -0.2) is 4.68 Å². The number of likely N-dealkylation sites (tertiary alicyclic amines) is 1. The highest BCUT2D eigenvalue weighted by atomic mass is 16.2. The van der Waals surface area contributed by atoms with E-state index in [0.29, 0.717) is 5.92 Å². The highest BCUT2D eigenvalue weighted by Crippen LogP contribution is 2.21. The third kappa shape index (κ3) is 3.73. The fourth-order valence-electron chi connectivity index (χ4n) is 3.04. The van der Waals surface area contributed by atoms with Crippen molar-refractivity contribution in [3.05, 3.63) is 30.6 Å². The highest BCUT2D eigenvalue weighted by Gasteiger charge is 2.30. The molecule has 1 N–H and O–H groups in total. The van der Waals surface area contributed by atoms with Gasteiger partial charge in [-0.3, -0.25) is 9.69 Å². The fraction of sp³-hybridized carbons (Fsp3) is 0.500. The maximum absolute atomic E-state index is 12.6. The SMILES string of the molecule is CC(C)CN1CCC[C@@H]1C(=O)Nc1cccc(-n2cnnn2)c1. The van der Waals surface area contributed by atoms with Crippen LogP contribution in [0.1, 0.15) is 26.7 Å². The second-order valence-electron chi connectivity index (χ2n) is 6.34. The molecule has 0 radical (unpaired) electrons. The Labute approximate surface area is 135 Å². The van der Waals surface area contributed by atoms with Crippen molar-refractivity contribution in [2.75, 3.05) is 18.4 Å². The maximum Gasteiger partial charge on any atom is 0.241 e. The molecule has 2 aromatic rings. The lowest BCUT2D eigenvalue weighted by atomic mass is 10.1. The van der Waals surface area contributed by atoms with Gasteiger partial charge in [-0.1, -0.05) is 19.9 Å². The van der Waals surface area contributed by atoms with Crippen LogP contribution in [0.4, 0.5) is 5.69 Å². The summed E-state index contributed by atoms with van der Waals surface area (Å²) in [7, 11) is 0. The van der Waals surface area contributed by atoms with Gasteiger partial charge in [0.1, 0.15) is 6.33 Å². The first kappa shape index (κ1) is 15.6. The molecule has 7 nitrogen and oxygen atoms in total. The van der Waals surface area contributed by atoms with Crippen molar-refractivity contribution in [1.82, 2.24) is 25.1 Å². The summed E-state index contributed by atoms with van der Waals surface area (Å²) in [6.45, 7) is 6.33. The van der Waals surface area contributed by atoms with Crippen molar-refractivity contribution in [3.8, 4) is 5.69 Å². The third-order valence-corrected chi connectivity index (χ3v) is 3.99. The molecular weight excluding hydrogens is 292 g/mol. The monoisotopic (exact) mass is 314 g/mol. The van der Waals surface area contributed by atoms with Crippen LogP contribution in [0.2, 0.25) is 0 Å². The minimum atomic E-state index is -0.0332. The van der Waals surface area contributed by atoms with Gasteiger partial charge in [-0.15, -0.1) is 5.10 Å². The molecule has 1 aromatic heterocycles. The number of tetrazole rings is 1. The Morgan fingerprint density at radius 1 is 1.43 bits per heavy atom. The van der Waals surface area contributed by atoms with Gasteiger partial charge in [0.05, 0.1) is 11.7 Å². The molecule has 1 aromatic carbocycles. The van der Waals surface area contributed by atoms with Gasteiger partial charge < -0.3 is 5.32 Å². The zero-order chi connectivity index (χ0) is 16.2. The van der Waals surface area contributed by atoms with Crippen LogP contribution >= 0.6 is 0 Å². The van der Waals surface area contributed by atoms with Crippen LogP contribution in [0.3, 0.4) is 0 Å². The molecule has 0 saturated carbocycles. The summed E-state index contributed by atoms with van der Waals surface area (Å²) in [4.78, 5) is 14.9. The van der Waals surface area contributed by atoms with Gasteiger partial charge in [-0.05, 0) is 53.9 Å². The number of carbonyl (C=O) groups excluding carboxylic acids is 1. The van der Waals surface area contributed by atoms with E-state index in [0.717, 1.165) is 37.3 Å². The van der Waals surface area contributed by atoms with E-state index in [1.54, 1.807) is 4.68 Å². The lowest BCUT2D eigenvalue weighted by Gasteiger charge is -2.25. The Morgan fingerprint density at radius 2 is 2.30 bits per heavy atom. The minimum absolute atomic E-state index is 0.0332. The second kappa shape index (κ2) is 6.87. The zero-order valence-electron chi connectivity index (χ0n) is 13.5. The Kier molecular flexibility index (Phi) is 4.66. The molecule has 7 heteroatoms. The van der Waals surface area contributed by atoms with Crippen molar-refractivity contribution < 1.29 is 4.79 Å². The summed E-state index contributed by atoms with van der Waals surface area (Å²) in [5, 5.41) is 14.1. The number of nitrogens with one attached hydrogen (secondary N) is 1. The zero-order valence-corrected chi connectivity index (χ0v) is 13.5. The van der Waals surface area contributed by atoms with Crippen LogP contribution in [-0.2, 0) is 4.79 Å². The van der Waals surface area contributed by atoms with Crippen molar-refractivity contribution >= 4 is 11.6 Å². The first-order chi connectivity index (χ1) is 11.1. The van der Waals surface area contributed by atoms with Gasteiger partial charge in [0.25, 0.3) is 0 Å². The molecule has 0 bridgehead atoms. The van der Waals surface area contributed by atoms with Crippen molar-refractivity contribution in [1.29, 1.82) is 0 Å². The number of aromatic nitrogens is 4. The lowest BCUT2D eigenvalue weighted by Crippen LogP contribution is -2.41. The Morgan fingerprint density at radius 3 is 3.04 bits per heavy atom. The lowest BCUT2D eigenvalue weighted by molar-refractivity contribution is -0.120. The average molecular weight is 314 g/mol. The van der Waals surface area contributed by atoms with E-state index in [1.807, 2.05) is 24.3 Å². The Bertz CT molecular complexity index is 654. The van der Waals surface area contributed by atoms with E-state index in [2.05, 4.69) is 39.6 Å². The topological polar surface area (TPSA) is 75.9 Å². The molecule has 1 saturated heterocycles. The first-order valence-electron chi connectivity index (χ1n) is 8.02. The van der Waals surface area contributed by atoms with Gasteiger partial charge in [0, 0.05) is 12.2 Å². The summed E-state index contributed by atoms with van der Waals surface area (Å²) in [5.74, 6) is 0.628. The summed E-state index contributed by atoms with van der Waals surface area (Å²) in [6, 6.07) is 7.50. The van der Waals surface area contributed by atoms with Crippen LogP contribution in [0.15, 0.2) is 30.6 Å². The molecule has 0 aliphatic carbocycles. The summed E-state index contributed by atoms with van der Waals surface area (Å²) >= 11 is 0. The smallest absolute Gasteiger partial charge is 0.241 e. The third-order valence-electron chi connectivity index (χ3n) is 3.99. The summed E-state index contributed by atoms with van der Waals surface area (Å²) in [5.41, 5.74) is 1.58.